The van der Waals surface area contributed by atoms with Crippen molar-refractivity contribution in [3.63, 3.8) is 0 Å². The number of rotatable bonds is 8. The van der Waals surface area contributed by atoms with Crippen LogP contribution in [0.2, 0.25) is 13.1 Å². The van der Waals surface area contributed by atoms with Gasteiger partial charge in [0.2, 0.25) is 19.5 Å². The molecule has 4 nitrogen and oxygen atoms in total. The van der Waals surface area contributed by atoms with Crippen molar-refractivity contribution in [2.45, 2.75) is 13.1 Å². The van der Waals surface area contributed by atoms with Gasteiger partial charge in [-0.15, -0.1) is 0 Å². The van der Waals surface area contributed by atoms with Crippen LogP contribution in [0.15, 0.2) is 0 Å². The van der Waals surface area contributed by atoms with Gasteiger partial charge in [0.1, 0.15) is 0 Å². The Morgan fingerprint density at radius 2 is 1.00 bits per heavy atom. The molecule has 0 atom stereocenters. The molecule has 0 saturated heterocycles. The van der Waals surface area contributed by atoms with Crippen LogP contribution in [-0.2, 0) is 16.5 Å². The Morgan fingerprint density at radius 1 is 0.636 bits per heavy atom. The first-order valence-corrected chi connectivity index (χ1v) is 7.90. The molecule has 0 bridgehead atoms. The molecule has 0 aliphatic heterocycles. The maximum absolute atomic E-state index is 4.97. The lowest BCUT2D eigenvalue weighted by Crippen LogP contribution is -2.16. The van der Waals surface area contributed by atoms with Gasteiger partial charge >= 0.3 is 30.0 Å². The van der Waals surface area contributed by atoms with Gasteiger partial charge < -0.3 is 16.5 Å². The van der Waals surface area contributed by atoms with Gasteiger partial charge in [-0.05, 0) is 13.1 Å². The molecule has 58 valence electrons. The quantitative estimate of drug-likeness (QED) is 0.398. The van der Waals surface area contributed by atoms with Crippen molar-refractivity contribution in [2.75, 3.05) is 0 Å². The summed E-state index contributed by atoms with van der Waals surface area (Å²) in [5, 5.41) is 0. The molecule has 9 heteroatoms. The highest BCUT2D eigenvalue weighted by Gasteiger charge is 1.97. The van der Waals surface area contributed by atoms with Crippen molar-refractivity contribution >= 4 is 49.5 Å². The molecule has 11 heavy (non-hydrogen) atoms. The minimum atomic E-state index is 0.0355. The maximum Gasteiger partial charge on any atom is 0.412 e. The van der Waals surface area contributed by atoms with Crippen molar-refractivity contribution in [1.82, 2.24) is 0 Å². The standard InChI is InChI=1S/C2H6O4Si5/c1-7-3-9-5-11-6-10-4-8-2/h1-2H3. The Labute approximate surface area is 79.4 Å². The largest absolute Gasteiger partial charge is 0.435 e. The van der Waals surface area contributed by atoms with Crippen molar-refractivity contribution in [3.05, 3.63) is 0 Å². The van der Waals surface area contributed by atoms with Gasteiger partial charge in [0, 0.05) is 0 Å². The fourth-order valence-corrected chi connectivity index (χ4v) is 2.74. The van der Waals surface area contributed by atoms with E-state index in [-0.39, 0.29) is 30.0 Å². The summed E-state index contributed by atoms with van der Waals surface area (Å²) in [6.45, 7) is 3.90. The van der Waals surface area contributed by atoms with Crippen LogP contribution in [0.5, 0.6) is 0 Å². The second-order valence-corrected chi connectivity index (χ2v) is 5.65. The van der Waals surface area contributed by atoms with E-state index in [1.165, 1.54) is 0 Å². The van der Waals surface area contributed by atoms with Gasteiger partial charge in [-0.25, -0.2) is 0 Å². The summed E-state index contributed by atoms with van der Waals surface area (Å²) in [6, 6.07) is 0. The van der Waals surface area contributed by atoms with Crippen LogP contribution in [0, 0.1) is 0 Å². The average Bonchev–Trinajstić information content (AvgIpc) is 2.03. The Balaban J connectivity index is 2.69. The first-order valence-electron chi connectivity index (χ1n) is 2.63. The second-order valence-electron chi connectivity index (χ2n) is 1.07. The van der Waals surface area contributed by atoms with E-state index in [2.05, 4.69) is 0 Å². The van der Waals surface area contributed by atoms with Crippen LogP contribution in [0.1, 0.15) is 0 Å². The van der Waals surface area contributed by atoms with E-state index in [1.807, 2.05) is 13.1 Å². The van der Waals surface area contributed by atoms with Crippen LogP contribution in [-0.4, -0.2) is 49.5 Å². The zero-order valence-corrected chi connectivity index (χ0v) is 11.1. The molecule has 0 saturated carbocycles. The normalized spacial score (nSPS) is 10.4. The molecule has 0 aliphatic rings. The summed E-state index contributed by atoms with van der Waals surface area (Å²) in [5.41, 5.74) is 0. The van der Waals surface area contributed by atoms with Crippen molar-refractivity contribution in [3.8, 4) is 0 Å². The minimum absolute atomic E-state index is 0.0355. The van der Waals surface area contributed by atoms with E-state index in [0.29, 0.717) is 19.5 Å². The van der Waals surface area contributed by atoms with E-state index in [4.69, 9.17) is 16.5 Å². The highest BCUT2D eigenvalue weighted by atomic mass is 28.4. The van der Waals surface area contributed by atoms with Crippen LogP contribution in [0.3, 0.4) is 0 Å². The first kappa shape index (κ1) is 11.9. The number of hydrogen-bond acceptors (Lipinski definition) is 4. The van der Waals surface area contributed by atoms with Crippen molar-refractivity contribution in [1.29, 1.82) is 0 Å². The molecule has 0 amide bonds. The number of hydrogen-bond donors (Lipinski definition) is 0. The van der Waals surface area contributed by atoms with Gasteiger partial charge in [0.25, 0.3) is 0 Å². The molecule has 10 radical (unpaired) electrons. The van der Waals surface area contributed by atoms with Crippen LogP contribution in [0.25, 0.3) is 0 Å². The van der Waals surface area contributed by atoms with E-state index in [9.17, 15) is 0 Å². The van der Waals surface area contributed by atoms with Gasteiger partial charge in [0.05, 0.1) is 0 Å². The van der Waals surface area contributed by atoms with Crippen molar-refractivity contribution < 1.29 is 16.5 Å². The summed E-state index contributed by atoms with van der Waals surface area (Å²) in [5.74, 6) is 0. The third kappa shape index (κ3) is 10.9. The van der Waals surface area contributed by atoms with Gasteiger partial charge in [-0.1, -0.05) is 0 Å². The highest BCUT2D eigenvalue weighted by Crippen LogP contribution is 1.73. The molecular weight excluding hydrogens is 228 g/mol. The SMILES string of the molecule is C[Si]O[Si]O[Si]O[Si]O[Si]C. The van der Waals surface area contributed by atoms with Crippen molar-refractivity contribution in [2.24, 2.45) is 0 Å². The smallest absolute Gasteiger partial charge is 0.412 e. The monoisotopic (exact) mass is 234 g/mol. The molecular formula is C2H6O4Si5. The fraction of sp³-hybridized carbons (Fsp3) is 1.00. The molecule has 0 aliphatic carbocycles. The van der Waals surface area contributed by atoms with Crippen LogP contribution < -0.4 is 0 Å². The highest BCUT2D eigenvalue weighted by molar-refractivity contribution is 6.47. The lowest BCUT2D eigenvalue weighted by atomic mass is 11.9. The van der Waals surface area contributed by atoms with E-state index in [1.54, 1.807) is 0 Å². The summed E-state index contributed by atoms with van der Waals surface area (Å²) in [4.78, 5) is 0. The fourth-order valence-electron chi connectivity index (χ4n) is 0.180. The molecule has 0 rings (SSSR count). The second kappa shape index (κ2) is 10.9. The molecule has 0 aromatic carbocycles. The molecule has 0 N–H and O–H groups in total. The van der Waals surface area contributed by atoms with Crippen LogP contribution >= 0.6 is 0 Å². The van der Waals surface area contributed by atoms with Gasteiger partial charge in [-0.3, -0.25) is 0 Å². The Morgan fingerprint density at radius 3 is 1.36 bits per heavy atom. The summed E-state index contributed by atoms with van der Waals surface area (Å²) in [6.07, 6.45) is 0. The Bertz CT molecular complexity index is 65.5. The van der Waals surface area contributed by atoms with E-state index < -0.39 is 0 Å². The predicted molar refractivity (Wildman–Crippen MR) is 44.8 cm³/mol. The Kier molecular flexibility index (Phi) is 11.8. The lowest BCUT2D eigenvalue weighted by Gasteiger charge is -1.99. The predicted octanol–water partition coefficient (Wildman–Crippen LogP) is -1.01. The molecule has 0 heterocycles. The molecule has 0 fully saturated rings. The van der Waals surface area contributed by atoms with Gasteiger partial charge in [0.15, 0.2) is 0 Å². The molecule has 0 aromatic heterocycles. The third-order valence-corrected chi connectivity index (χ3v) is 4.09. The lowest BCUT2D eigenvalue weighted by molar-refractivity contribution is 0.406. The Hall–Kier alpha value is 0.924. The van der Waals surface area contributed by atoms with Gasteiger partial charge in [-0.2, -0.15) is 0 Å². The first-order chi connectivity index (χ1) is 5.41. The minimum Gasteiger partial charge on any atom is -0.435 e. The zero-order valence-electron chi connectivity index (χ0n) is 6.13. The molecule has 0 aromatic rings. The van der Waals surface area contributed by atoms with Crippen LogP contribution in [0.4, 0.5) is 0 Å². The maximum atomic E-state index is 4.97. The summed E-state index contributed by atoms with van der Waals surface area (Å²) >= 11 is 0. The average molecular weight is 234 g/mol. The van der Waals surface area contributed by atoms with E-state index in [0.717, 1.165) is 0 Å². The topological polar surface area (TPSA) is 36.9 Å². The molecule has 0 spiro atoms. The zero-order chi connectivity index (χ0) is 8.36. The summed E-state index contributed by atoms with van der Waals surface area (Å²) < 4.78 is 19.9. The van der Waals surface area contributed by atoms with E-state index >= 15 is 0 Å². The summed E-state index contributed by atoms with van der Waals surface area (Å²) in [7, 11) is 1.18. The third-order valence-electron chi connectivity index (χ3n) is 0.454. The molecule has 0 unspecified atom stereocenters.